The van der Waals surface area contributed by atoms with Gasteiger partial charge < -0.3 is 21.3 Å². The molecule has 276 valence electrons. The molecular weight excluding hydrogens is 697 g/mol. The zero-order chi connectivity index (χ0) is 37.8. The molecule has 12 nitrogen and oxygen atoms in total. The molecule has 0 aromatic heterocycles. The van der Waals surface area contributed by atoms with E-state index in [0.29, 0.717) is 11.7 Å². The first-order valence-electron chi connectivity index (χ1n) is 18.1. The molecular formula is C44H40N12. The highest BCUT2D eigenvalue weighted by molar-refractivity contribution is 6.05. The molecule has 0 amide bonds. The molecule has 56 heavy (non-hydrogen) atoms. The normalized spacial score (nSPS) is 13.6. The summed E-state index contributed by atoms with van der Waals surface area (Å²) in [6.45, 7) is 0. The van der Waals surface area contributed by atoms with E-state index in [-0.39, 0.29) is 0 Å². The van der Waals surface area contributed by atoms with E-state index < -0.39 is 0 Å². The number of anilines is 6. The molecule has 0 fully saturated rings. The van der Waals surface area contributed by atoms with Crippen molar-refractivity contribution < 1.29 is 0 Å². The van der Waals surface area contributed by atoms with Crippen LogP contribution in [0.3, 0.4) is 0 Å². The van der Waals surface area contributed by atoms with Crippen LogP contribution in [0.5, 0.6) is 0 Å². The lowest BCUT2D eigenvalue weighted by atomic mass is 10.1. The van der Waals surface area contributed by atoms with E-state index >= 15 is 0 Å². The first-order valence-corrected chi connectivity index (χ1v) is 18.1. The quantitative estimate of drug-likeness (QED) is 0.0578. The van der Waals surface area contributed by atoms with E-state index in [9.17, 15) is 0 Å². The fourth-order valence-electron chi connectivity index (χ4n) is 5.71. The molecule has 0 saturated carbocycles. The SMILES string of the molecule is C(=Cc1ccc(NN2N=C(Nc3ccccc3)C=C(Nc3ccccc3)N2)cc1)c1ccc(NN2N=C(Nc3ccccc3)C=C(Nc3ccccc3)N2)cc1. The number of para-hydroxylation sites is 4. The van der Waals surface area contributed by atoms with Crippen LogP contribution in [0.4, 0.5) is 34.1 Å². The fraction of sp³-hybridized carbons (Fsp3) is 0. The summed E-state index contributed by atoms with van der Waals surface area (Å²) >= 11 is 0. The van der Waals surface area contributed by atoms with E-state index in [1.165, 1.54) is 0 Å². The maximum absolute atomic E-state index is 4.71. The van der Waals surface area contributed by atoms with Gasteiger partial charge in [-0.05, 0) is 83.9 Å². The van der Waals surface area contributed by atoms with Gasteiger partial charge in [0.15, 0.2) is 11.7 Å². The number of hydrazone groups is 2. The summed E-state index contributed by atoms with van der Waals surface area (Å²) in [5.41, 5.74) is 20.9. The van der Waals surface area contributed by atoms with Crippen LogP contribution in [0.25, 0.3) is 12.2 Å². The largest absolute Gasteiger partial charge is 0.341 e. The van der Waals surface area contributed by atoms with Crippen molar-refractivity contribution in [2.75, 3.05) is 32.1 Å². The van der Waals surface area contributed by atoms with Gasteiger partial charge in [0.05, 0.1) is 11.4 Å². The molecule has 0 bridgehead atoms. The van der Waals surface area contributed by atoms with Crippen molar-refractivity contribution in [3.8, 4) is 0 Å². The molecule has 12 heteroatoms. The molecule has 2 heterocycles. The summed E-state index contributed by atoms with van der Waals surface area (Å²) in [4.78, 5) is 0. The number of nitrogens with zero attached hydrogens (tertiary/aromatic N) is 4. The summed E-state index contributed by atoms with van der Waals surface area (Å²) in [6, 6.07) is 56.1. The van der Waals surface area contributed by atoms with Gasteiger partial charge in [0.25, 0.3) is 0 Å². The van der Waals surface area contributed by atoms with Crippen molar-refractivity contribution in [1.82, 2.24) is 21.3 Å². The van der Waals surface area contributed by atoms with Crippen LogP contribution < -0.4 is 43.0 Å². The minimum atomic E-state index is 0.660. The zero-order valence-corrected chi connectivity index (χ0v) is 30.3. The molecule has 6 aromatic rings. The summed E-state index contributed by atoms with van der Waals surface area (Å²) in [6.07, 6.45) is 8.01. The Labute approximate surface area is 325 Å². The van der Waals surface area contributed by atoms with E-state index in [0.717, 1.165) is 56.9 Å². The number of benzene rings is 6. The first kappa shape index (κ1) is 34.9. The third kappa shape index (κ3) is 9.85. The van der Waals surface area contributed by atoms with Crippen molar-refractivity contribution in [2.45, 2.75) is 0 Å². The van der Waals surface area contributed by atoms with Crippen molar-refractivity contribution in [3.05, 3.63) is 205 Å². The fourth-order valence-corrected chi connectivity index (χ4v) is 5.71. The Hall–Kier alpha value is -8.12. The Morgan fingerprint density at radius 3 is 1.02 bits per heavy atom. The van der Waals surface area contributed by atoms with Crippen LogP contribution in [-0.4, -0.2) is 22.1 Å². The standard InChI is InChI=1S/C44H40N12/c1-5-13-35(14-6-1)45-41-31-42(46-36-15-7-2-8-16-36)52-55(51-41)49-39-27-23-33(24-28-39)21-22-34-25-29-40(30-26-34)50-56-53-43(47-37-17-9-3-10-18-37)32-44(54-56)48-38-19-11-4-12-20-38/h1-32,45,47,49-51,53H,(H,46,52)(H,48,54). The Kier molecular flexibility index (Phi) is 10.7. The number of amidine groups is 2. The van der Waals surface area contributed by atoms with E-state index in [2.05, 4.69) is 79.4 Å². The highest BCUT2D eigenvalue weighted by atomic mass is 15.9. The van der Waals surface area contributed by atoms with Gasteiger partial charge in [-0.15, -0.1) is 20.7 Å². The Morgan fingerprint density at radius 1 is 0.357 bits per heavy atom. The third-order valence-electron chi connectivity index (χ3n) is 8.39. The predicted molar refractivity (Wildman–Crippen MR) is 230 cm³/mol. The average Bonchev–Trinajstić information content (AvgIpc) is 3.22. The Morgan fingerprint density at radius 2 is 0.679 bits per heavy atom. The van der Waals surface area contributed by atoms with Crippen LogP contribution in [0.15, 0.2) is 204 Å². The lowest BCUT2D eigenvalue weighted by Gasteiger charge is -2.28. The van der Waals surface area contributed by atoms with Crippen LogP contribution in [0.2, 0.25) is 0 Å². The van der Waals surface area contributed by atoms with Gasteiger partial charge in [0.1, 0.15) is 11.6 Å². The minimum Gasteiger partial charge on any atom is -0.341 e. The monoisotopic (exact) mass is 736 g/mol. The molecule has 2 aliphatic rings. The first-order chi connectivity index (χ1) is 27.6. The highest BCUT2D eigenvalue weighted by Gasteiger charge is 2.16. The lowest BCUT2D eigenvalue weighted by molar-refractivity contribution is 0.272. The maximum Gasteiger partial charge on any atom is 0.158 e. The van der Waals surface area contributed by atoms with Gasteiger partial charge in [-0.3, -0.25) is 10.9 Å². The summed E-state index contributed by atoms with van der Waals surface area (Å²) < 4.78 is 0. The number of rotatable bonds is 12. The second-order valence-corrected chi connectivity index (χ2v) is 12.7. The zero-order valence-electron chi connectivity index (χ0n) is 30.3. The predicted octanol–water partition coefficient (Wildman–Crippen LogP) is 8.91. The summed E-state index contributed by atoms with van der Waals surface area (Å²) in [5.74, 6) is 2.83. The van der Waals surface area contributed by atoms with Crippen LogP contribution in [0.1, 0.15) is 11.1 Å². The molecule has 8 rings (SSSR count). The second kappa shape index (κ2) is 17.1. The minimum absolute atomic E-state index is 0.660. The van der Waals surface area contributed by atoms with E-state index in [4.69, 9.17) is 10.2 Å². The van der Waals surface area contributed by atoms with Gasteiger partial charge in [-0.25, -0.2) is 10.9 Å². The Bertz CT molecular complexity index is 2170. The molecule has 0 unspecified atom stereocenters. The highest BCUT2D eigenvalue weighted by Crippen LogP contribution is 2.19. The van der Waals surface area contributed by atoms with Gasteiger partial charge in [-0.2, -0.15) is 0 Å². The molecule has 6 aromatic carbocycles. The van der Waals surface area contributed by atoms with Crippen LogP contribution in [-0.2, 0) is 0 Å². The van der Waals surface area contributed by atoms with Crippen LogP contribution in [0, 0.1) is 0 Å². The number of nitrogens with one attached hydrogen (secondary N) is 8. The molecule has 2 aliphatic heterocycles. The number of hydrogen-bond donors (Lipinski definition) is 8. The van der Waals surface area contributed by atoms with Crippen LogP contribution >= 0.6 is 0 Å². The second-order valence-electron chi connectivity index (χ2n) is 12.7. The van der Waals surface area contributed by atoms with Gasteiger partial charge in [0.2, 0.25) is 0 Å². The van der Waals surface area contributed by atoms with Gasteiger partial charge in [0, 0.05) is 34.9 Å². The third-order valence-corrected chi connectivity index (χ3v) is 8.39. The summed E-state index contributed by atoms with van der Waals surface area (Å²) in [5, 5.41) is 26.2. The lowest BCUT2D eigenvalue weighted by Crippen LogP contribution is -2.44. The summed E-state index contributed by atoms with van der Waals surface area (Å²) in [7, 11) is 0. The molecule has 8 N–H and O–H groups in total. The molecule has 0 saturated heterocycles. The topological polar surface area (TPSA) is 127 Å². The Balaban J connectivity index is 0.889. The molecule has 0 spiro atoms. The molecule has 0 radical (unpaired) electrons. The molecule has 0 atom stereocenters. The molecule has 0 aliphatic carbocycles. The maximum atomic E-state index is 4.71. The smallest absolute Gasteiger partial charge is 0.158 e. The van der Waals surface area contributed by atoms with E-state index in [1.54, 1.807) is 10.5 Å². The van der Waals surface area contributed by atoms with Gasteiger partial charge >= 0.3 is 0 Å². The van der Waals surface area contributed by atoms with Gasteiger partial charge in [-0.1, -0.05) is 109 Å². The van der Waals surface area contributed by atoms with Crippen molar-refractivity contribution in [2.24, 2.45) is 10.2 Å². The van der Waals surface area contributed by atoms with E-state index in [1.807, 2.05) is 158 Å². The number of hydrazine groups is 4. The number of hydrogen-bond acceptors (Lipinski definition) is 12. The van der Waals surface area contributed by atoms with Crippen molar-refractivity contribution in [3.63, 3.8) is 0 Å². The van der Waals surface area contributed by atoms with Crippen molar-refractivity contribution >= 4 is 57.9 Å². The van der Waals surface area contributed by atoms with Crippen molar-refractivity contribution in [1.29, 1.82) is 0 Å². The average molecular weight is 737 g/mol.